The minimum absolute atomic E-state index is 0.480. The van der Waals surface area contributed by atoms with E-state index in [0.29, 0.717) is 6.04 Å². The number of aliphatic carboxylic acids is 1. The maximum atomic E-state index is 11.9. The van der Waals surface area contributed by atoms with Gasteiger partial charge in [-0.2, -0.15) is 0 Å². The van der Waals surface area contributed by atoms with E-state index >= 15 is 0 Å². The first-order valence-electron chi connectivity index (χ1n) is 8.36. The predicted octanol–water partition coefficient (Wildman–Crippen LogP) is 2.58. The monoisotopic (exact) mass is 282 g/mol. The van der Waals surface area contributed by atoms with Crippen molar-refractivity contribution in [3.63, 3.8) is 0 Å². The summed E-state index contributed by atoms with van der Waals surface area (Å²) in [6.45, 7) is 8.76. The Morgan fingerprint density at radius 3 is 2.45 bits per heavy atom. The van der Waals surface area contributed by atoms with Crippen LogP contribution in [0.15, 0.2) is 0 Å². The van der Waals surface area contributed by atoms with Gasteiger partial charge in [-0.3, -0.25) is 9.69 Å². The Balaban J connectivity index is 2.02. The number of likely N-dealkylation sites (tertiary alicyclic amines) is 2. The lowest BCUT2D eigenvalue weighted by Crippen LogP contribution is -2.57. The van der Waals surface area contributed by atoms with Crippen LogP contribution in [-0.4, -0.2) is 58.6 Å². The minimum Gasteiger partial charge on any atom is -0.480 e. The molecule has 0 aromatic carbocycles. The third-order valence-electron chi connectivity index (χ3n) is 5.14. The van der Waals surface area contributed by atoms with Crippen LogP contribution in [0.25, 0.3) is 0 Å². The number of carboxylic acid groups (broad SMARTS) is 1. The first kappa shape index (κ1) is 15.8. The highest BCUT2D eigenvalue weighted by atomic mass is 16.4. The molecule has 116 valence electrons. The highest BCUT2D eigenvalue weighted by Crippen LogP contribution is 2.38. The summed E-state index contributed by atoms with van der Waals surface area (Å²) in [7, 11) is 0. The van der Waals surface area contributed by atoms with Gasteiger partial charge < -0.3 is 10.0 Å². The Bertz CT molecular complexity index is 326. The Morgan fingerprint density at radius 2 is 1.90 bits per heavy atom. The van der Waals surface area contributed by atoms with Crippen LogP contribution < -0.4 is 0 Å². The number of carbonyl (C=O) groups is 1. The van der Waals surface area contributed by atoms with Crippen LogP contribution in [0.4, 0.5) is 0 Å². The normalized spacial score (nSPS) is 29.9. The van der Waals surface area contributed by atoms with Crippen molar-refractivity contribution in [3.05, 3.63) is 0 Å². The molecule has 0 aromatic rings. The van der Waals surface area contributed by atoms with Gasteiger partial charge in [0.15, 0.2) is 0 Å². The van der Waals surface area contributed by atoms with Crippen LogP contribution in [0.2, 0.25) is 0 Å². The third kappa shape index (κ3) is 3.01. The average Bonchev–Trinajstić information content (AvgIpc) is 2.85. The molecule has 1 N–H and O–H groups in total. The molecule has 0 radical (unpaired) electrons. The van der Waals surface area contributed by atoms with Gasteiger partial charge in [0.1, 0.15) is 5.54 Å². The SMILES string of the molecule is CCCN1CCC(N2CCCC2(CCC)C(=O)O)CC1. The average molecular weight is 282 g/mol. The van der Waals surface area contributed by atoms with Gasteiger partial charge in [0.2, 0.25) is 0 Å². The second-order valence-corrected chi connectivity index (χ2v) is 6.46. The Morgan fingerprint density at radius 1 is 1.20 bits per heavy atom. The molecule has 4 heteroatoms. The Labute approximate surface area is 123 Å². The largest absolute Gasteiger partial charge is 0.480 e. The van der Waals surface area contributed by atoms with Gasteiger partial charge in [-0.25, -0.2) is 0 Å². The van der Waals surface area contributed by atoms with E-state index < -0.39 is 11.5 Å². The first-order chi connectivity index (χ1) is 9.64. The molecule has 0 aromatic heterocycles. The molecule has 1 atom stereocenters. The standard InChI is InChI=1S/C16H30N2O2/c1-3-8-16(15(19)20)9-5-11-18(16)14-6-12-17(10-4-2)13-7-14/h14H,3-13H2,1-2H3,(H,19,20). The van der Waals surface area contributed by atoms with Crippen LogP contribution in [0, 0.1) is 0 Å². The molecule has 0 bridgehead atoms. The molecule has 0 amide bonds. The zero-order valence-corrected chi connectivity index (χ0v) is 13.1. The lowest BCUT2D eigenvalue weighted by atomic mass is 9.88. The molecule has 2 heterocycles. The summed E-state index contributed by atoms with van der Waals surface area (Å²) in [6, 6.07) is 0.480. The molecule has 0 saturated carbocycles. The van der Waals surface area contributed by atoms with Gasteiger partial charge >= 0.3 is 5.97 Å². The summed E-state index contributed by atoms with van der Waals surface area (Å²) < 4.78 is 0. The zero-order valence-electron chi connectivity index (χ0n) is 13.1. The second kappa shape index (κ2) is 6.90. The highest BCUT2D eigenvalue weighted by Gasteiger charge is 2.49. The minimum atomic E-state index is -0.590. The maximum absolute atomic E-state index is 11.9. The fraction of sp³-hybridized carbons (Fsp3) is 0.938. The Kier molecular flexibility index (Phi) is 5.44. The molecule has 4 nitrogen and oxygen atoms in total. The number of hydrogen-bond donors (Lipinski definition) is 1. The van der Waals surface area contributed by atoms with Gasteiger partial charge in [-0.1, -0.05) is 20.3 Å². The summed E-state index contributed by atoms with van der Waals surface area (Å²) >= 11 is 0. The summed E-state index contributed by atoms with van der Waals surface area (Å²) in [6.07, 6.45) is 7.13. The first-order valence-corrected chi connectivity index (χ1v) is 8.36. The summed E-state index contributed by atoms with van der Waals surface area (Å²) in [5.41, 5.74) is -0.563. The van der Waals surface area contributed by atoms with Crippen LogP contribution >= 0.6 is 0 Å². The second-order valence-electron chi connectivity index (χ2n) is 6.46. The number of hydrogen-bond acceptors (Lipinski definition) is 3. The van der Waals surface area contributed by atoms with E-state index in [1.165, 1.54) is 13.0 Å². The highest BCUT2D eigenvalue weighted by molar-refractivity contribution is 5.79. The van der Waals surface area contributed by atoms with Crippen LogP contribution in [0.1, 0.15) is 58.8 Å². The number of piperidine rings is 1. The topological polar surface area (TPSA) is 43.8 Å². The summed E-state index contributed by atoms with van der Waals surface area (Å²) in [4.78, 5) is 16.8. The van der Waals surface area contributed by atoms with Crippen molar-refractivity contribution < 1.29 is 9.90 Å². The van der Waals surface area contributed by atoms with Crippen LogP contribution in [-0.2, 0) is 4.79 Å². The lowest BCUT2D eigenvalue weighted by Gasteiger charge is -2.43. The van der Waals surface area contributed by atoms with Gasteiger partial charge in [0, 0.05) is 6.04 Å². The van der Waals surface area contributed by atoms with Crippen molar-refractivity contribution in [2.75, 3.05) is 26.2 Å². The van der Waals surface area contributed by atoms with E-state index in [0.717, 1.165) is 58.2 Å². The molecule has 0 spiro atoms. The molecule has 2 aliphatic heterocycles. The van der Waals surface area contributed by atoms with Crippen LogP contribution in [0.3, 0.4) is 0 Å². The van der Waals surface area contributed by atoms with Crippen molar-refractivity contribution in [1.82, 2.24) is 9.80 Å². The van der Waals surface area contributed by atoms with E-state index in [-0.39, 0.29) is 0 Å². The number of rotatable bonds is 6. The van der Waals surface area contributed by atoms with E-state index in [4.69, 9.17) is 0 Å². The fourth-order valence-electron chi connectivity index (χ4n) is 4.22. The molecule has 2 rings (SSSR count). The smallest absolute Gasteiger partial charge is 0.324 e. The molecule has 1 unspecified atom stereocenters. The van der Waals surface area contributed by atoms with Gasteiger partial charge in [0.05, 0.1) is 0 Å². The van der Waals surface area contributed by atoms with Gasteiger partial charge in [-0.05, 0) is 64.7 Å². The lowest BCUT2D eigenvalue weighted by molar-refractivity contribution is -0.152. The fourth-order valence-corrected chi connectivity index (χ4v) is 4.22. The number of nitrogens with zero attached hydrogens (tertiary/aromatic N) is 2. The van der Waals surface area contributed by atoms with Crippen molar-refractivity contribution in [2.24, 2.45) is 0 Å². The van der Waals surface area contributed by atoms with Crippen molar-refractivity contribution in [2.45, 2.75) is 70.4 Å². The zero-order chi connectivity index (χ0) is 14.6. The van der Waals surface area contributed by atoms with E-state index in [1.54, 1.807) is 0 Å². The van der Waals surface area contributed by atoms with Gasteiger partial charge in [-0.15, -0.1) is 0 Å². The molecule has 20 heavy (non-hydrogen) atoms. The van der Waals surface area contributed by atoms with Crippen molar-refractivity contribution >= 4 is 5.97 Å². The Hall–Kier alpha value is -0.610. The molecule has 2 saturated heterocycles. The third-order valence-corrected chi connectivity index (χ3v) is 5.14. The molecular weight excluding hydrogens is 252 g/mol. The molecule has 2 fully saturated rings. The van der Waals surface area contributed by atoms with Gasteiger partial charge in [0.25, 0.3) is 0 Å². The van der Waals surface area contributed by atoms with E-state index in [9.17, 15) is 9.90 Å². The summed E-state index contributed by atoms with van der Waals surface area (Å²) in [5.74, 6) is -0.590. The van der Waals surface area contributed by atoms with Crippen molar-refractivity contribution in [1.29, 1.82) is 0 Å². The van der Waals surface area contributed by atoms with E-state index in [2.05, 4.69) is 23.6 Å². The van der Waals surface area contributed by atoms with Crippen molar-refractivity contribution in [3.8, 4) is 0 Å². The molecule has 2 aliphatic rings. The van der Waals surface area contributed by atoms with E-state index in [1.807, 2.05) is 0 Å². The number of carboxylic acids is 1. The predicted molar refractivity (Wildman–Crippen MR) is 81.0 cm³/mol. The maximum Gasteiger partial charge on any atom is 0.324 e. The summed E-state index contributed by atoms with van der Waals surface area (Å²) in [5, 5.41) is 9.78. The van der Waals surface area contributed by atoms with Crippen LogP contribution in [0.5, 0.6) is 0 Å². The molecular formula is C16H30N2O2. The molecule has 0 aliphatic carbocycles. The quantitative estimate of drug-likeness (QED) is 0.813.